The number of aliphatic carboxylic acids is 1. The molecule has 0 aliphatic rings. The summed E-state index contributed by atoms with van der Waals surface area (Å²) >= 11 is 1.02. The number of carbonyl (C=O) groups is 1. The van der Waals surface area contributed by atoms with Gasteiger partial charge < -0.3 is 9.52 Å². The van der Waals surface area contributed by atoms with E-state index in [1.54, 1.807) is 19.1 Å². The summed E-state index contributed by atoms with van der Waals surface area (Å²) in [5.74, 6) is -0.537. The van der Waals surface area contributed by atoms with Crippen molar-refractivity contribution in [3.8, 4) is 11.5 Å². The van der Waals surface area contributed by atoms with Crippen LogP contribution in [-0.2, 0) is 11.3 Å². The van der Waals surface area contributed by atoms with Gasteiger partial charge in [-0.05, 0) is 19.1 Å². The van der Waals surface area contributed by atoms with E-state index in [1.165, 1.54) is 10.8 Å². The Kier molecular flexibility index (Phi) is 2.66. The molecule has 84 valence electrons. The maximum atomic E-state index is 11.6. The first-order valence-corrected chi connectivity index (χ1v) is 5.37. The van der Waals surface area contributed by atoms with Gasteiger partial charge in [0.1, 0.15) is 12.2 Å². The second-order valence-electron chi connectivity index (χ2n) is 3.23. The van der Waals surface area contributed by atoms with Crippen molar-refractivity contribution >= 4 is 17.3 Å². The summed E-state index contributed by atoms with van der Waals surface area (Å²) in [6.45, 7) is 1.42. The fourth-order valence-corrected chi connectivity index (χ4v) is 2.35. The van der Waals surface area contributed by atoms with Crippen molar-refractivity contribution in [1.29, 1.82) is 0 Å². The highest BCUT2D eigenvalue weighted by Gasteiger charge is 2.17. The van der Waals surface area contributed by atoms with E-state index in [4.69, 9.17) is 9.52 Å². The van der Waals surface area contributed by atoms with Crippen LogP contribution in [0.1, 0.15) is 4.88 Å². The maximum Gasteiger partial charge on any atom is 0.323 e. The molecule has 5 nitrogen and oxygen atoms in total. The molecule has 0 aliphatic heterocycles. The largest absolute Gasteiger partial charge is 0.480 e. The highest BCUT2D eigenvalue weighted by atomic mass is 32.1. The number of thiazole rings is 1. The third-order valence-corrected chi connectivity index (χ3v) is 3.01. The molecule has 0 fully saturated rings. The lowest BCUT2D eigenvalue weighted by Crippen LogP contribution is -2.19. The number of hydrogen-bond donors (Lipinski definition) is 1. The topological polar surface area (TPSA) is 72.4 Å². The predicted octanol–water partition coefficient (Wildman–Crippen LogP) is 1.56. The first kappa shape index (κ1) is 10.7. The Hall–Kier alpha value is -1.82. The summed E-state index contributed by atoms with van der Waals surface area (Å²) in [6.07, 6.45) is 1.49. The molecule has 0 bridgehead atoms. The molecule has 6 heteroatoms. The second kappa shape index (κ2) is 3.97. The Morgan fingerprint density at radius 3 is 2.94 bits per heavy atom. The third kappa shape index (κ3) is 1.79. The van der Waals surface area contributed by atoms with Gasteiger partial charge in [-0.2, -0.15) is 0 Å². The van der Waals surface area contributed by atoms with Crippen LogP contribution in [0.15, 0.2) is 27.6 Å². The van der Waals surface area contributed by atoms with Crippen LogP contribution in [-0.4, -0.2) is 15.6 Å². The molecular formula is C10H9NO4S. The van der Waals surface area contributed by atoms with Gasteiger partial charge in [0.2, 0.25) is 0 Å². The lowest BCUT2D eigenvalue weighted by molar-refractivity contribution is -0.137. The van der Waals surface area contributed by atoms with Crippen LogP contribution >= 0.6 is 11.3 Å². The Labute approximate surface area is 94.6 Å². The number of hydrogen-bond acceptors (Lipinski definition) is 4. The normalized spacial score (nSPS) is 10.6. The molecule has 0 aromatic carbocycles. The van der Waals surface area contributed by atoms with Crippen molar-refractivity contribution in [3.05, 3.63) is 32.9 Å². The number of nitrogens with zero attached hydrogens (tertiary/aromatic N) is 1. The minimum absolute atomic E-state index is 0.286. The van der Waals surface area contributed by atoms with Crippen molar-refractivity contribution in [1.82, 2.24) is 4.57 Å². The molecule has 2 rings (SSSR count). The number of carboxylic acids is 1. The van der Waals surface area contributed by atoms with Gasteiger partial charge in [0, 0.05) is 4.88 Å². The highest BCUT2D eigenvalue weighted by molar-refractivity contribution is 7.09. The summed E-state index contributed by atoms with van der Waals surface area (Å²) in [5.41, 5.74) is 0.544. The van der Waals surface area contributed by atoms with Crippen molar-refractivity contribution in [2.75, 3.05) is 0 Å². The van der Waals surface area contributed by atoms with E-state index < -0.39 is 5.97 Å². The fraction of sp³-hybridized carbons (Fsp3) is 0.200. The first-order chi connectivity index (χ1) is 7.59. The minimum Gasteiger partial charge on any atom is -0.480 e. The van der Waals surface area contributed by atoms with Crippen LogP contribution < -0.4 is 4.87 Å². The van der Waals surface area contributed by atoms with Crippen LogP contribution in [0, 0.1) is 6.92 Å². The summed E-state index contributed by atoms with van der Waals surface area (Å²) in [4.78, 5) is 22.7. The molecule has 0 saturated heterocycles. The van der Waals surface area contributed by atoms with Crippen LogP contribution in [0.2, 0.25) is 0 Å². The number of aromatic nitrogens is 1. The Bertz CT molecular complexity index is 564. The first-order valence-electron chi connectivity index (χ1n) is 4.55. The van der Waals surface area contributed by atoms with Crippen LogP contribution in [0.4, 0.5) is 0 Å². The molecule has 0 aliphatic carbocycles. The van der Waals surface area contributed by atoms with Gasteiger partial charge in [0.05, 0.1) is 6.26 Å². The van der Waals surface area contributed by atoms with E-state index in [0.717, 1.165) is 16.2 Å². The Morgan fingerprint density at radius 2 is 2.38 bits per heavy atom. The average Bonchev–Trinajstić information content (AvgIpc) is 2.75. The number of aryl methyl sites for hydroxylation is 1. The van der Waals surface area contributed by atoms with Gasteiger partial charge in [-0.3, -0.25) is 14.2 Å². The van der Waals surface area contributed by atoms with Crippen LogP contribution in [0.5, 0.6) is 0 Å². The van der Waals surface area contributed by atoms with Gasteiger partial charge in [0.25, 0.3) is 0 Å². The molecule has 2 aromatic rings. The smallest absolute Gasteiger partial charge is 0.323 e. The molecule has 16 heavy (non-hydrogen) atoms. The molecular weight excluding hydrogens is 230 g/mol. The van der Waals surface area contributed by atoms with Gasteiger partial charge in [0.15, 0.2) is 5.76 Å². The van der Waals surface area contributed by atoms with Crippen LogP contribution in [0.3, 0.4) is 0 Å². The molecule has 0 amide bonds. The predicted molar refractivity (Wildman–Crippen MR) is 58.7 cm³/mol. The zero-order valence-corrected chi connectivity index (χ0v) is 9.28. The molecule has 2 aromatic heterocycles. The lowest BCUT2D eigenvalue weighted by Gasteiger charge is -2.02. The average molecular weight is 239 g/mol. The molecule has 0 saturated carbocycles. The van der Waals surface area contributed by atoms with E-state index in [2.05, 4.69) is 0 Å². The molecule has 0 unspecified atom stereocenters. The molecule has 2 heterocycles. The maximum absolute atomic E-state index is 11.6. The molecule has 1 N–H and O–H groups in total. The standard InChI is InChI=1S/C10H9NO4S/c1-6-9(7-3-2-4-15-7)11(5-8(12)13)10(14)16-6/h2-4H,5H2,1H3,(H,12,13). The monoisotopic (exact) mass is 239 g/mol. The molecule has 0 radical (unpaired) electrons. The van der Waals surface area contributed by atoms with Crippen molar-refractivity contribution in [2.45, 2.75) is 13.5 Å². The van der Waals surface area contributed by atoms with Crippen LogP contribution in [0.25, 0.3) is 11.5 Å². The zero-order valence-electron chi connectivity index (χ0n) is 8.47. The quantitative estimate of drug-likeness (QED) is 0.882. The van der Waals surface area contributed by atoms with Crippen molar-refractivity contribution in [3.63, 3.8) is 0 Å². The number of rotatable bonds is 3. The Balaban J connectivity index is 2.59. The van der Waals surface area contributed by atoms with Gasteiger partial charge in [-0.1, -0.05) is 11.3 Å². The zero-order chi connectivity index (χ0) is 11.7. The Morgan fingerprint density at radius 1 is 1.62 bits per heavy atom. The van der Waals surface area contributed by atoms with Gasteiger partial charge >= 0.3 is 10.8 Å². The van der Waals surface area contributed by atoms with Gasteiger partial charge in [-0.15, -0.1) is 0 Å². The van der Waals surface area contributed by atoms with E-state index in [9.17, 15) is 9.59 Å². The fourth-order valence-electron chi connectivity index (χ4n) is 1.51. The van der Waals surface area contributed by atoms with Crippen molar-refractivity contribution in [2.24, 2.45) is 0 Å². The number of carboxylic acid groups (broad SMARTS) is 1. The molecule has 0 atom stereocenters. The van der Waals surface area contributed by atoms with E-state index >= 15 is 0 Å². The second-order valence-corrected chi connectivity index (χ2v) is 4.40. The summed E-state index contributed by atoms with van der Waals surface area (Å²) in [7, 11) is 0. The van der Waals surface area contributed by atoms with Crippen molar-refractivity contribution < 1.29 is 14.3 Å². The summed E-state index contributed by atoms with van der Waals surface area (Å²) in [5, 5.41) is 8.74. The SMILES string of the molecule is Cc1sc(=O)n(CC(=O)O)c1-c1ccco1. The van der Waals surface area contributed by atoms with Gasteiger partial charge in [-0.25, -0.2) is 0 Å². The van der Waals surface area contributed by atoms with E-state index in [-0.39, 0.29) is 11.4 Å². The molecule has 0 spiro atoms. The lowest BCUT2D eigenvalue weighted by atomic mass is 10.3. The minimum atomic E-state index is -1.05. The summed E-state index contributed by atoms with van der Waals surface area (Å²) in [6, 6.07) is 3.40. The third-order valence-electron chi connectivity index (χ3n) is 2.11. The highest BCUT2D eigenvalue weighted by Crippen LogP contribution is 2.25. The summed E-state index contributed by atoms with van der Waals surface area (Å²) < 4.78 is 6.40. The van der Waals surface area contributed by atoms with E-state index in [0.29, 0.717) is 11.5 Å². The van der Waals surface area contributed by atoms with E-state index in [1.807, 2.05) is 0 Å². The number of furan rings is 1.